The molecule has 1 aromatic rings. The van der Waals surface area contributed by atoms with Gasteiger partial charge in [-0.3, -0.25) is 0 Å². The zero-order valence-corrected chi connectivity index (χ0v) is 13.1. The Kier molecular flexibility index (Phi) is 5.35. The van der Waals surface area contributed by atoms with Gasteiger partial charge < -0.3 is 5.73 Å². The largest absolute Gasteiger partial charge is 0.326 e. The summed E-state index contributed by atoms with van der Waals surface area (Å²) < 4.78 is 41.5. The second kappa shape index (κ2) is 6.85. The van der Waals surface area contributed by atoms with Gasteiger partial charge in [-0.2, -0.15) is 0 Å². The summed E-state index contributed by atoms with van der Waals surface area (Å²) in [7, 11) is -3.85. The molecule has 0 amide bonds. The number of hydrogen-bond acceptors (Lipinski definition) is 3. The van der Waals surface area contributed by atoms with Crippen LogP contribution in [0.1, 0.15) is 44.6 Å². The number of halogens is 1. The zero-order valence-electron chi connectivity index (χ0n) is 12.3. The number of nitrogens with one attached hydrogen (secondary N) is 1. The van der Waals surface area contributed by atoms with Crippen LogP contribution in [-0.2, 0) is 16.6 Å². The molecule has 0 aliphatic heterocycles. The summed E-state index contributed by atoms with van der Waals surface area (Å²) in [6.07, 6.45) is 5.05. The van der Waals surface area contributed by atoms with E-state index >= 15 is 0 Å². The standard InChI is InChI=1S/C15H23FN2O2S/c1-11-5-3-2-4-6-14(11)18-21(19,20)15-9-12(10-17)7-8-13(15)16/h7-9,11,14,18H,2-6,10,17H2,1H3. The maximum Gasteiger partial charge on any atom is 0.243 e. The van der Waals surface area contributed by atoms with E-state index in [1.54, 1.807) is 0 Å². The van der Waals surface area contributed by atoms with E-state index < -0.39 is 15.8 Å². The summed E-state index contributed by atoms with van der Waals surface area (Å²) in [6.45, 7) is 2.23. The van der Waals surface area contributed by atoms with E-state index in [1.165, 1.54) is 12.1 Å². The van der Waals surface area contributed by atoms with Crippen molar-refractivity contribution in [3.05, 3.63) is 29.6 Å². The Morgan fingerprint density at radius 1 is 1.29 bits per heavy atom. The Bertz CT molecular complexity index is 589. The van der Waals surface area contributed by atoms with Crippen LogP contribution in [0.2, 0.25) is 0 Å². The smallest absolute Gasteiger partial charge is 0.243 e. The third kappa shape index (κ3) is 4.02. The molecule has 6 heteroatoms. The van der Waals surface area contributed by atoms with Crippen molar-refractivity contribution in [2.75, 3.05) is 0 Å². The van der Waals surface area contributed by atoms with Crippen LogP contribution in [0.15, 0.2) is 23.1 Å². The van der Waals surface area contributed by atoms with Gasteiger partial charge >= 0.3 is 0 Å². The molecule has 1 saturated carbocycles. The number of nitrogens with two attached hydrogens (primary N) is 1. The fraction of sp³-hybridized carbons (Fsp3) is 0.600. The van der Waals surface area contributed by atoms with E-state index in [4.69, 9.17) is 5.73 Å². The second-order valence-corrected chi connectivity index (χ2v) is 7.49. The fourth-order valence-electron chi connectivity index (χ4n) is 2.81. The lowest BCUT2D eigenvalue weighted by Gasteiger charge is -2.23. The van der Waals surface area contributed by atoms with Crippen molar-refractivity contribution in [1.29, 1.82) is 0 Å². The molecule has 2 rings (SSSR count). The minimum atomic E-state index is -3.85. The molecular weight excluding hydrogens is 291 g/mol. The van der Waals surface area contributed by atoms with Gasteiger partial charge in [-0.05, 0) is 36.5 Å². The van der Waals surface area contributed by atoms with Crippen LogP contribution in [0.5, 0.6) is 0 Å². The molecule has 1 aromatic carbocycles. The molecule has 2 unspecified atom stereocenters. The van der Waals surface area contributed by atoms with E-state index in [0.29, 0.717) is 5.56 Å². The minimum absolute atomic E-state index is 0.126. The molecule has 0 bridgehead atoms. The fourth-order valence-corrected chi connectivity index (χ4v) is 4.32. The van der Waals surface area contributed by atoms with E-state index in [1.807, 2.05) is 6.92 Å². The Balaban J connectivity index is 2.25. The SMILES string of the molecule is CC1CCCCCC1NS(=O)(=O)c1cc(CN)ccc1F. The van der Waals surface area contributed by atoms with Crippen molar-refractivity contribution >= 4 is 10.0 Å². The van der Waals surface area contributed by atoms with Gasteiger partial charge in [0.25, 0.3) is 0 Å². The first-order chi connectivity index (χ1) is 9.94. The van der Waals surface area contributed by atoms with E-state index in [2.05, 4.69) is 4.72 Å². The predicted octanol–water partition coefficient (Wildman–Crippen LogP) is 2.53. The maximum atomic E-state index is 13.9. The van der Waals surface area contributed by atoms with Crippen LogP contribution >= 0.6 is 0 Å². The molecule has 21 heavy (non-hydrogen) atoms. The van der Waals surface area contributed by atoms with Crippen molar-refractivity contribution in [3.8, 4) is 0 Å². The Labute approximate surface area is 126 Å². The molecule has 0 radical (unpaired) electrons. The van der Waals surface area contributed by atoms with Gasteiger partial charge in [-0.15, -0.1) is 0 Å². The van der Waals surface area contributed by atoms with Crippen LogP contribution in [0, 0.1) is 11.7 Å². The van der Waals surface area contributed by atoms with Crippen molar-refractivity contribution < 1.29 is 12.8 Å². The highest BCUT2D eigenvalue weighted by Crippen LogP contribution is 2.25. The molecule has 1 aliphatic carbocycles. The number of benzene rings is 1. The van der Waals surface area contributed by atoms with Gasteiger partial charge in [0.05, 0.1) is 0 Å². The highest BCUT2D eigenvalue weighted by atomic mass is 32.2. The van der Waals surface area contributed by atoms with Crippen LogP contribution in [0.4, 0.5) is 4.39 Å². The predicted molar refractivity (Wildman–Crippen MR) is 80.6 cm³/mol. The van der Waals surface area contributed by atoms with Gasteiger partial charge in [0.15, 0.2) is 0 Å². The van der Waals surface area contributed by atoms with Crippen molar-refractivity contribution in [2.24, 2.45) is 11.7 Å². The molecular formula is C15H23FN2O2S. The van der Waals surface area contributed by atoms with Gasteiger partial charge in [0, 0.05) is 12.6 Å². The minimum Gasteiger partial charge on any atom is -0.326 e. The molecule has 2 atom stereocenters. The van der Waals surface area contributed by atoms with Crippen molar-refractivity contribution in [2.45, 2.75) is 56.5 Å². The zero-order chi connectivity index (χ0) is 15.5. The maximum absolute atomic E-state index is 13.9. The average molecular weight is 314 g/mol. The van der Waals surface area contributed by atoms with Crippen LogP contribution in [-0.4, -0.2) is 14.5 Å². The van der Waals surface area contributed by atoms with E-state index in [0.717, 1.165) is 38.2 Å². The summed E-state index contributed by atoms with van der Waals surface area (Å²) in [4.78, 5) is -0.304. The van der Waals surface area contributed by atoms with Gasteiger partial charge in [0.2, 0.25) is 10.0 Å². The molecule has 0 heterocycles. The molecule has 1 aliphatic rings. The third-order valence-corrected chi connectivity index (χ3v) is 5.69. The lowest BCUT2D eigenvalue weighted by molar-refractivity contribution is 0.398. The first kappa shape index (κ1) is 16.4. The molecule has 3 N–H and O–H groups in total. The van der Waals surface area contributed by atoms with Crippen LogP contribution in [0.3, 0.4) is 0 Å². The molecule has 118 valence electrons. The first-order valence-electron chi connectivity index (χ1n) is 7.45. The Morgan fingerprint density at radius 3 is 2.71 bits per heavy atom. The second-order valence-electron chi connectivity index (χ2n) is 5.81. The molecule has 0 aromatic heterocycles. The quantitative estimate of drug-likeness (QED) is 0.839. The number of hydrogen-bond donors (Lipinski definition) is 2. The van der Waals surface area contributed by atoms with Gasteiger partial charge in [0.1, 0.15) is 10.7 Å². The Morgan fingerprint density at radius 2 is 2.00 bits per heavy atom. The average Bonchev–Trinajstić information content (AvgIpc) is 2.64. The highest BCUT2D eigenvalue weighted by Gasteiger charge is 2.27. The lowest BCUT2D eigenvalue weighted by Crippen LogP contribution is -2.39. The summed E-state index contributed by atoms with van der Waals surface area (Å²) in [5.74, 6) is -0.469. The topological polar surface area (TPSA) is 72.2 Å². The number of rotatable bonds is 4. The first-order valence-corrected chi connectivity index (χ1v) is 8.93. The van der Waals surface area contributed by atoms with Crippen molar-refractivity contribution in [1.82, 2.24) is 4.72 Å². The van der Waals surface area contributed by atoms with E-state index in [9.17, 15) is 12.8 Å². The number of sulfonamides is 1. The van der Waals surface area contributed by atoms with Crippen molar-refractivity contribution in [3.63, 3.8) is 0 Å². The highest BCUT2D eigenvalue weighted by molar-refractivity contribution is 7.89. The van der Waals surface area contributed by atoms with Crippen LogP contribution < -0.4 is 10.5 Å². The van der Waals surface area contributed by atoms with Gasteiger partial charge in [-0.25, -0.2) is 17.5 Å². The summed E-state index contributed by atoms with van der Waals surface area (Å²) in [6, 6.07) is 3.85. The molecule has 0 saturated heterocycles. The summed E-state index contributed by atoms with van der Waals surface area (Å²) in [5.41, 5.74) is 6.10. The normalized spacial score (nSPS) is 23.8. The lowest BCUT2D eigenvalue weighted by atomic mass is 9.98. The monoisotopic (exact) mass is 314 g/mol. The van der Waals surface area contributed by atoms with E-state index in [-0.39, 0.29) is 23.4 Å². The summed E-state index contributed by atoms with van der Waals surface area (Å²) >= 11 is 0. The Hall–Kier alpha value is -0.980. The van der Waals surface area contributed by atoms with Gasteiger partial charge in [-0.1, -0.05) is 32.3 Å². The molecule has 0 spiro atoms. The summed E-state index contributed by atoms with van der Waals surface area (Å²) in [5, 5.41) is 0. The molecule has 1 fully saturated rings. The molecule has 4 nitrogen and oxygen atoms in total. The third-order valence-electron chi connectivity index (χ3n) is 4.19. The van der Waals surface area contributed by atoms with Crippen LogP contribution in [0.25, 0.3) is 0 Å².